The van der Waals surface area contributed by atoms with Gasteiger partial charge in [0.05, 0.1) is 24.6 Å². The van der Waals surface area contributed by atoms with Crippen LogP contribution in [0.5, 0.6) is 5.75 Å². The summed E-state index contributed by atoms with van der Waals surface area (Å²) in [5.41, 5.74) is 3.02. The van der Waals surface area contributed by atoms with Crippen molar-refractivity contribution >= 4 is 16.9 Å². The third-order valence-corrected chi connectivity index (χ3v) is 3.75. The van der Waals surface area contributed by atoms with E-state index in [2.05, 4.69) is 16.0 Å². The first kappa shape index (κ1) is 14.9. The maximum absolute atomic E-state index is 9.41. The first-order valence-corrected chi connectivity index (χ1v) is 7.13. The lowest BCUT2D eigenvalue weighted by molar-refractivity contribution is 0.415. The fourth-order valence-electron chi connectivity index (χ4n) is 2.56. The molecule has 3 rings (SSSR count). The normalized spacial score (nSPS) is 10.6. The summed E-state index contributed by atoms with van der Waals surface area (Å²) in [6.07, 6.45) is 3.55. The molecule has 0 aliphatic carbocycles. The Morgan fingerprint density at radius 2 is 2.09 bits per heavy atom. The molecule has 1 aromatic carbocycles. The second-order valence-corrected chi connectivity index (χ2v) is 5.48. The van der Waals surface area contributed by atoms with E-state index >= 15 is 0 Å². The predicted molar refractivity (Wildman–Crippen MR) is 89.5 cm³/mol. The van der Waals surface area contributed by atoms with Crippen LogP contribution in [0.15, 0.2) is 30.6 Å². The molecule has 3 aromatic rings. The van der Waals surface area contributed by atoms with Gasteiger partial charge in [0.1, 0.15) is 11.8 Å². The smallest absolute Gasteiger partial charge is 0.225 e. The van der Waals surface area contributed by atoms with Crippen molar-refractivity contribution in [2.75, 3.05) is 26.1 Å². The molecular formula is C17H17N5O. The standard InChI is InChI=1S/C17H17N5O/c1-21(2)17-19-9-11(8-18)16(20-17)14-10-22(3)15-6-5-12(23-4)7-13(14)15/h5-7,9-10H,1-4H3. The number of methoxy groups -OCH3 is 1. The van der Waals surface area contributed by atoms with Gasteiger partial charge in [-0.3, -0.25) is 0 Å². The molecule has 0 atom stereocenters. The molecule has 2 heterocycles. The highest BCUT2D eigenvalue weighted by Crippen LogP contribution is 2.33. The van der Waals surface area contributed by atoms with Crippen LogP contribution in [0.2, 0.25) is 0 Å². The van der Waals surface area contributed by atoms with Gasteiger partial charge in [0, 0.05) is 43.8 Å². The van der Waals surface area contributed by atoms with Gasteiger partial charge >= 0.3 is 0 Å². The number of fused-ring (bicyclic) bond motifs is 1. The lowest BCUT2D eigenvalue weighted by atomic mass is 10.1. The lowest BCUT2D eigenvalue weighted by Crippen LogP contribution is -2.13. The molecule has 0 unspecified atom stereocenters. The van der Waals surface area contributed by atoms with Crippen LogP contribution in [0.4, 0.5) is 5.95 Å². The van der Waals surface area contributed by atoms with Gasteiger partial charge in [-0.25, -0.2) is 9.97 Å². The van der Waals surface area contributed by atoms with Gasteiger partial charge in [-0.1, -0.05) is 0 Å². The minimum absolute atomic E-state index is 0.450. The molecule has 0 saturated heterocycles. The number of ether oxygens (including phenoxy) is 1. The highest BCUT2D eigenvalue weighted by atomic mass is 16.5. The molecule has 0 amide bonds. The molecule has 0 N–H and O–H groups in total. The Labute approximate surface area is 134 Å². The third kappa shape index (κ3) is 2.46. The number of hydrogen-bond acceptors (Lipinski definition) is 5. The van der Waals surface area contributed by atoms with E-state index in [0.717, 1.165) is 22.2 Å². The fourth-order valence-corrected chi connectivity index (χ4v) is 2.56. The van der Waals surface area contributed by atoms with Crippen LogP contribution in [-0.4, -0.2) is 35.7 Å². The summed E-state index contributed by atoms with van der Waals surface area (Å²) in [6.45, 7) is 0. The molecule has 6 nitrogen and oxygen atoms in total. The minimum atomic E-state index is 0.450. The van der Waals surface area contributed by atoms with Crippen molar-refractivity contribution in [3.8, 4) is 23.1 Å². The Morgan fingerprint density at radius 1 is 1.30 bits per heavy atom. The second-order valence-electron chi connectivity index (χ2n) is 5.48. The molecule has 0 bridgehead atoms. The van der Waals surface area contributed by atoms with Crippen LogP contribution in [0.25, 0.3) is 22.2 Å². The quantitative estimate of drug-likeness (QED) is 0.744. The first-order valence-electron chi connectivity index (χ1n) is 7.13. The van der Waals surface area contributed by atoms with E-state index in [-0.39, 0.29) is 0 Å². The Balaban J connectivity index is 2.32. The van der Waals surface area contributed by atoms with Gasteiger partial charge in [-0.05, 0) is 18.2 Å². The molecule has 2 aromatic heterocycles. The largest absolute Gasteiger partial charge is 0.497 e. The number of aryl methyl sites for hydroxylation is 1. The van der Waals surface area contributed by atoms with Gasteiger partial charge in [0.25, 0.3) is 0 Å². The molecule has 116 valence electrons. The molecular weight excluding hydrogens is 290 g/mol. The average molecular weight is 307 g/mol. The summed E-state index contributed by atoms with van der Waals surface area (Å²) in [7, 11) is 7.35. The molecule has 0 radical (unpaired) electrons. The molecule has 0 spiro atoms. The molecule has 0 fully saturated rings. The zero-order chi connectivity index (χ0) is 16.6. The predicted octanol–water partition coefficient (Wildman–Crippen LogP) is 2.58. The zero-order valence-corrected chi connectivity index (χ0v) is 13.5. The summed E-state index contributed by atoms with van der Waals surface area (Å²) in [5.74, 6) is 1.34. The van der Waals surface area contributed by atoms with Crippen molar-refractivity contribution in [3.05, 3.63) is 36.2 Å². The van der Waals surface area contributed by atoms with E-state index in [1.807, 2.05) is 55.0 Å². The minimum Gasteiger partial charge on any atom is -0.497 e. The number of nitriles is 1. The van der Waals surface area contributed by atoms with Crippen molar-refractivity contribution in [2.45, 2.75) is 0 Å². The number of hydrogen-bond donors (Lipinski definition) is 0. The van der Waals surface area contributed by atoms with Gasteiger partial charge in [0.15, 0.2) is 0 Å². The number of nitrogens with zero attached hydrogens (tertiary/aromatic N) is 5. The lowest BCUT2D eigenvalue weighted by Gasteiger charge is -2.11. The Hall–Kier alpha value is -3.07. The van der Waals surface area contributed by atoms with E-state index in [0.29, 0.717) is 17.2 Å². The summed E-state index contributed by atoms with van der Waals surface area (Å²) < 4.78 is 7.34. The van der Waals surface area contributed by atoms with Crippen LogP contribution in [0.3, 0.4) is 0 Å². The van der Waals surface area contributed by atoms with Crippen molar-refractivity contribution in [1.82, 2.24) is 14.5 Å². The monoisotopic (exact) mass is 307 g/mol. The number of anilines is 1. The molecule has 23 heavy (non-hydrogen) atoms. The second kappa shape index (κ2) is 5.61. The van der Waals surface area contributed by atoms with Crippen LogP contribution in [0, 0.1) is 11.3 Å². The topological polar surface area (TPSA) is 67.0 Å². The summed E-state index contributed by atoms with van der Waals surface area (Å²) in [5, 5.41) is 10.4. The van der Waals surface area contributed by atoms with E-state index in [4.69, 9.17) is 4.74 Å². The fraction of sp³-hybridized carbons (Fsp3) is 0.235. The van der Waals surface area contributed by atoms with Crippen molar-refractivity contribution in [1.29, 1.82) is 5.26 Å². The SMILES string of the molecule is COc1ccc2c(c1)c(-c1nc(N(C)C)ncc1C#N)cn2C. The van der Waals surface area contributed by atoms with Crippen molar-refractivity contribution < 1.29 is 4.74 Å². The van der Waals surface area contributed by atoms with Crippen LogP contribution < -0.4 is 9.64 Å². The van der Waals surface area contributed by atoms with Gasteiger partial charge < -0.3 is 14.2 Å². The zero-order valence-electron chi connectivity index (χ0n) is 13.5. The van der Waals surface area contributed by atoms with Gasteiger partial charge in [-0.2, -0.15) is 5.26 Å². The van der Waals surface area contributed by atoms with Crippen LogP contribution >= 0.6 is 0 Å². The van der Waals surface area contributed by atoms with Crippen LogP contribution in [-0.2, 0) is 7.05 Å². The Morgan fingerprint density at radius 3 is 2.74 bits per heavy atom. The van der Waals surface area contributed by atoms with Crippen molar-refractivity contribution in [2.24, 2.45) is 7.05 Å². The average Bonchev–Trinajstić information content (AvgIpc) is 2.90. The van der Waals surface area contributed by atoms with Crippen molar-refractivity contribution in [3.63, 3.8) is 0 Å². The number of benzene rings is 1. The molecule has 6 heteroatoms. The van der Waals surface area contributed by atoms with E-state index < -0.39 is 0 Å². The van der Waals surface area contributed by atoms with Crippen LogP contribution in [0.1, 0.15) is 5.56 Å². The summed E-state index contributed by atoms with van der Waals surface area (Å²) in [4.78, 5) is 10.6. The van der Waals surface area contributed by atoms with Gasteiger partial charge in [-0.15, -0.1) is 0 Å². The van der Waals surface area contributed by atoms with E-state index in [1.54, 1.807) is 13.3 Å². The van der Waals surface area contributed by atoms with E-state index in [9.17, 15) is 5.26 Å². The maximum Gasteiger partial charge on any atom is 0.225 e. The Bertz CT molecular complexity index is 921. The third-order valence-electron chi connectivity index (χ3n) is 3.75. The molecule has 0 saturated carbocycles. The maximum atomic E-state index is 9.41. The highest BCUT2D eigenvalue weighted by molar-refractivity contribution is 5.97. The first-order chi connectivity index (χ1) is 11.0. The Kier molecular flexibility index (Phi) is 3.62. The van der Waals surface area contributed by atoms with Gasteiger partial charge in [0.2, 0.25) is 5.95 Å². The van der Waals surface area contributed by atoms with E-state index in [1.165, 1.54) is 0 Å². The molecule has 0 aliphatic rings. The summed E-state index contributed by atoms with van der Waals surface area (Å²) in [6, 6.07) is 8.06. The number of aromatic nitrogens is 3. The summed E-state index contributed by atoms with van der Waals surface area (Å²) >= 11 is 0. The highest BCUT2D eigenvalue weighted by Gasteiger charge is 2.16. The number of rotatable bonds is 3. The molecule has 0 aliphatic heterocycles.